The van der Waals surface area contributed by atoms with Gasteiger partial charge in [0.15, 0.2) is 10.9 Å². The van der Waals surface area contributed by atoms with Gasteiger partial charge in [0.1, 0.15) is 23.6 Å². The first-order chi connectivity index (χ1) is 16.4. The second-order valence-electron chi connectivity index (χ2n) is 6.84. The molecule has 0 saturated carbocycles. The second-order valence-corrected chi connectivity index (χ2v) is 7.84. The van der Waals surface area contributed by atoms with Crippen LogP contribution in [0.2, 0.25) is 0 Å². The average molecular weight is 492 g/mol. The number of carbonyl (C=O) groups is 2. The monoisotopic (exact) mass is 492 g/mol. The number of thiazole rings is 1. The normalized spacial score (nSPS) is 10.5. The van der Waals surface area contributed by atoms with Crippen molar-refractivity contribution in [2.24, 2.45) is 0 Å². The smallest absolute Gasteiger partial charge is 0.322 e. The predicted octanol–water partition coefficient (Wildman–Crippen LogP) is 3.35. The summed E-state index contributed by atoms with van der Waals surface area (Å²) in [4.78, 5) is 38.9. The molecule has 0 spiro atoms. The molecule has 1 radical (unpaired) electrons. The SMILES string of the molecule is CCNC(=O)Nc1nc2c(F)c(-c3cnc(NCC(=O)O)nc3)cc(-c3ncccc3F)c2s1.[Li]. The molecule has 0 bridgehead atoms. The van der Waals surface area contributed by atoms with Crippen molar-refractivity contribution in [3.05, 3.63) is 48.4 Å². The molecule has 4 rings (SSSR count). The summed E-state index contributed by atoms with van der Waals surface area (Å²) < 4.78 is 30.5. The summed E-state index contributed by atoms with van der Waals surface area (Å²) in [6.45, 7) is 1.75. The molecule has 1 aromatic carbocycles. The Kier molecular flexibility index (Phi) is 8.29. The number of nitrogens with zero attached hydrogens (tertiary/aromatic N) is 4. The van der Waals surface area contributed by atoms with Crippen LogP contribution in [0.4, 0.5) is 24.7 Å². The van der Waals surface area contributed by atoms with Gasteiger partial charge in [0.25, 0.3) is 0 Å². The van der Waals surface area contributed by atoms with E-state index in [-0.39, 0.29) is 64.4 Å². The third kappa shape index (κ3) is 5.71. The molecule has 0 unspecified atom stereocenters. The molecule has 3 heterocycles. The van der Waals surface area contributed by atoms with Gasteiger partial charge < -0.3 is 15.7 Å². The fourth-order valence-electron chi connectivity index (χ4n) is 3.09. The number of hydrogen-bond acceptors (Lipinski definition) is 8. The fraction of sp³-hybridized carbons (Fsp3) is 0.143. The maximum Gasteiger partial charge on any atom is 0.322 e. The minimum absolute atomic E-state index is 0. The molecule has 14 heteroatoms. The first-order valence-electron chi connectivity index (χ1n) is 9.94. The Morgan fingerprint density at radius 3 is 2.54 bits per heavy atom. The molecule has 175 valence electrons. The van der Waals surface area contributed by atoms with E-state index in [1.54, 1.807) is 6.92 Å². The number of amides is 2. The van der Waals surface area contributed by atoms with E-state index in [0.717, 1.165) is 11.3 Å². The third-order valence-electron chi connectivity index (χ3n) is 4.54. The number of hydrogen-bond donors (Lipinski definition) is 4. The van der Waals surface area contributed by atoms with Gasteiger partial charge in [0, 0.05) is 60.7 Å². The van der Waals surface area contributed by atoms with E-state index in [9.17, 15) is 14.0 Å². The zero-order chi connectivity index (χ0) is 24.2. The first-order valence-corrected chi connectivity index (χ1v) is 10.8. The van der Waals surface area contributed by atoms with Gasteiger partial charge in [-0.25, -0.2) is 28.5 Å². The number of pyridine rings is 1. The molecule has 4 aromatic rings. The number of halogens is 2. The number of benzene rings is 1. The Morgan fingerprint density at radius 2 is 1.89 bits per heavy atom. The van der Waals surface area contributed by atoms with Crippen molar-refractivity contribution in [3.8, 4) is 22.4 Å². The van der Waals surface area contributed by atoms with E-state index in [1.165, 1.54) is 36.8 Å². The number of urea groups is 1. The summed E-state index contributed by atoms with van der Waals surface area (Å²) in [7, 11) is 0. The van der Waals surface area contributed by atoms with Crippen LogP contribution >= 0.6 is 11.3 Å². The number of carboxylic acid groups (broad SMARTS) is 1. The van der Waals surface area contributed by atoms with Crippen molar-refractivity contribution >= 4 is 63.5 Å². The van der Waals surface area contributed by atoms with Crippen LogP contribution in [0, 0.1) is 11.6 Å². The molecule has 0 aliphatic rings. The maximum atomic E-state index is 15.6. The number of carbonyl (C=O) groups excluding carboxylic acids is 1. The molecule has 35 heavy (non-hydrogen) atoms. The fourth-order valence-corrected chi connectivity index (χ4v) is 4.06. The molecule has 3 aromatic heterocycles. The van der Waals surface area contributed by atoms with Crippen molar-refractivity contribution < 1.29 is 23.5 Å². The number of rotatable bonds is 7. The molecule has 0 fully saturated rings. The van der Waals surface area contributed by atoms with Crippen LogP contribution in [0.15, 0.2) is 36.8 Å². The summed E-state index contributed by atoms with van der Waals surface area (Å²) in [5.74, 6) is -2.37. The van der Waals surface area contributed by atoms with Gasteiger partial charge in [-0.2, -0.15) is 0 Å². The van der Waals surface area contributed by atoms with Gasteiger partial charge in [-0.3, -0.25) is 15.1 Å². The van der Waals surface area contributed by atoms with Gasteiger partial charge in [0.2, 0.25) is 5.95 Å². The number of nitrogens with one attached hydrogen (secondary N) is 3. The van der Waals surface area contributed by atoms with Gasteiger partial charge in [-0.1, -0.05) is 11.3 Å². The van der Waals surface area contributed by atoms with Crippen molar-refractivity contribution in [1.82, 2.24) is 25.3 Å². The number of aliphatic carboxylic acids is 1. The van der Waals surface area contributed by atoms with Crippen LogP contribution in [-0.4, -0.2) is 69.0 Å². The van der Waals surface area contributed by atoms with Crippen LogP contribution < -0.4 is 16.0 Å². The van der Waals surface area contributed by atoms with Crippen molar-refractivity contribution in [2.75, 3.05) is 23.7 Å². The van der Waals surface area contributed by atoms with Gasteiger partial charge in [-0.05, 0) is 25.1 Å². The molecule has 10 nitrogen and oxygen atoms in total. The topological polar surface area (TPSA) is 142 Å². The van der Waals surface area contributed by atoms with Gasteiger partial charge >= 0.3 is 12.0 Å². The van der Waals surface area contributed by atoms with Crippen molar-refractivity contribution in [1.29, 1.82) is 0 Å². The van der Waals surface area contributed by atoms with Crippen molar-refractivity contribution in [2.45, 2.75) is 6.92 Å². The molecule has 2 amide bonds. The van der Waals surface area contributed by atoms with Gasteiger partial charge in [0.05, 0.1) is 4.70 Å². The van der Waals surface area contributed by atoms with Crippen LogP contribution in [0.3, 0.4) is 0 Å². The zero-order valence-corrected chi connectivity index (χ0v) is 19.4. The third-order valence-corrected chi connectivity index (χ3v) is 5.54. The molecular formula is C21H17F2LiN7O3S. The summed E-state index contributed by atoms with van der Waals surface area (Å²) in [5.41, 5.74) is 0.473. The summed E-state index contributed by atoms with van der Waals surface area (Å²) in [5, 5.41) is 16.5. The van der Waals surface area contributed by atoms with Crippen LogP contribution in [0.25, 0.3) is 32.6 Å². The van der Waals surface area contributed by atoms with E-state index in [2.05, 4.69) is 35.9 Å². The van der Waals surface area contributed by atoms with Crippen molar-refractivity contribution in [3.63, 3.8) is 0 Å². The average Bonchev–Trinajstić information content (AvgIpc) is 3.23. The van der Waals surface area contributed by atoms with Crippen LogP contribution in [-0.2, 0) is 4.79 Å². The van der Waals surface area contributed by atoms with E-state index in [1.807, 2.05) is 0 Å². The Labute approximate surface area is 213 Å². The first kappa shape index (κ1) is 26.0. The van der Waals surface area contributed by atoms with E-state index < -0.39 is 23.6 Å². The van der Waals surface area contributed by atoms with Gasteiger partial charge in [-0.15, -0.1) is 0 Å². The van der Waals surface area contributed by atoms with Crippen LogP contribution in [0.5, 0.6) is 0 Å². The standard InChI is InChI=1S/C21H17F2N7O3S.Li/c1-2-24-20(33)30-21-29-17-15(23)11(10-7-26-19(27-8-10)28-9-14(31)32)6-12(18(17)34-21)16-13(22)4-3-5-25-16;/h3-8H,2,9H2,1H3,(H,31,32)(H,26,27,28)(H2,24,29,30,33);. The predicted molar refractivity (Wildman–Crippen MR) is 128 cm³/mol. The number of fused-ring (bicyclic) bond motifs is 1. The number of carboxylic acids is 1. The van der Waals surface area contributed by atoms with Crippen LogP contribution in [0.1, 0.15) is 6.92 Å². The number of aromatic nitrogens is 4. The molecular weight excluding hydrogens is 475 g/mol. The Balaban J connectivity index is 0.00000342. The number of anilines is 2. The summed E-state index contributed by atoms with van der Waals surface area (Å²) >= 11 is 0.985. The largest absolute Gasteiger partial charge is 0.480 e. The molecule has 0 atom stereocenters. The molecule has 0 saturated heterocycles. The Bertz CT molecular complexity index is 1390. The zero-order valence-electron chi connectivity index (χ0n) is 18.6. The maximum absolute atomic E-state index is 15.6. The van der Waals surface area contributed by atoms with E-state index >= 15 is 4.39 Å². The summed E-state index contributed by atoms with van der Waals surface area (Å²) in [6.07, 6.45) is 4.02. The molecule has 0 aliphatic heterocycles. The molecule has 0 aliphatic carbocycles. The van der Waals surface area contributed by atoms with E-state index in [4.69, 9.17) is 5.11 Å². The minimum atomic E-state index is -1.09. The quantitative estimate of drug-likeness (QED) is 0.288. The Morgan fingerprint density at radius 1 is 1.14 bits per heavy atom. The van der Waals surface area contributed by atoms with E-state index in [0.29, 0.717) is 11.2 Å². The second kappa shape index (κ2) is 11.2. The Hall–Kier alpha value is -3.66. The minimum Gasteiger partial charge on any atom is -0.480 e. The molecule has 4 N–H and O–H groups in total. The summed E-state index contributed by atoms with van der Waals surface area (Å²) in [6, 6.07) is 3.58.